The van der Waals surface area contributed by atoms with Crippen molar-refractivity contribution in [3.63, 3.8) is 0 Å². The first-order valence-electron chi connectivity index (χ1n) is 8.36. The maximum atomic E-state index is 12.9. The van der Waals surface area contributed by atoms with E-state index in [2.05, 4.69) is 10.2 Å². The van der Waals surface area contributed by atoms with Gasteiger partial charge in [-0.2, -0.15) is 0 Å². The van der Waals surface area contributed by atoms with E-state index in [9.17, 15) is 4.79 Å². The van der Waals surface area contributed by atoms with Gasteiger partial charge in [0, 0.05) is 11.1 Å². The molecular weight excluding hydrogens is 346 g/mol. The molecule has 0 saturated heterocycles. The molecule has 0 aliphatic heterocycles. The molecule has 6 heteroatoms. The Hall–Kier alpha value is -2.99. The van der Waals surface area contributed by atoms with E-state index in [-0.39, 0.29) is 5.56 Å². The summed E-state index contributed by atoms with van der Waals surface area (Å²) in [5, 5.41) is 8.38. The van der Waals surface area contributed by atoms with Crippen LogP contribution >= 0.6 is 11.3 Å². The Morgan fingerprint density at radius 2 is 1.88 bits per heavy atom. The summed E-state index contributed by atoms with van der Waals surface area (Å²) in [7, 11) is 0. The second-order valence-corrected chi connectivity index (χ2v) is 6.90. The average Bonchev–Trinajstić information content (AvgIpc) is 3.19. The molecule has 0 amide bonds. The van der Waals surface area contributed by atoms with Crippen molar-refractivity contribution in [1.29, 1.82) is 0 Å². The molecule has 2 aromatic heterocycles. The fraction of sp³-hybridized carbons (Fsp3) is 0.150. The first kappa shape index (κ1) is 16.5. The number of aromatic nitrogens is 3. The van der Waals surface area contributed by atoms with Crippen molar-refractivity contribution in [1.82, 2.24) is 14.6 Å². The highest BCUT2D eigenvalue weighted by Gasteiger charge is 2.14. The number of thiazole rings is 1. The zero-order valence-corrected chi connectivity index (χ0v) is 15.3. The Morgan fingerprint density at radius 1 is 1.12 bits per heavy atom. The van der Waals surface area contributed by atoms with Crippen molar-refractivity contribution in [3.05, 3.63) is 74.5 Å². The molecule has 130 valence electrons. The van der Waals surface area contributed by atoms with Crippen molar-refractivity contribution < 1.29 is 4.74 Å². The first-order valence-corrected chi connectivity index (χ1v) is 9.17. The van der Waals surface area contributed by atoms with Gasteiger partial charge in [-0.05, 0) is 26.0 Å². The summed E-state index contributed by atoms with van der Waals surface area (Å²) < 4.78 is 7.83. The smallest absolute Gasteiger partial charge is 0.276 e. The third-order valence-electron chi connectivity index (χ3n) is 4.06. The van der Waals surface area contributed by atoms with E-state index in [1.807, 2.05) is 68.5 Å². The maximum Gasteiger partial charge on any atom is 0.276 e. The zero-order valence-electron chi connectivity index (χ0n) is 14.5. The molecule has 5 nitrogen and oxygen atoms in total. The Morgan fingerprint density at radius 3 is 2.65 bits per heavy atom. The molecule has 0 atom stereocenters. The van der Waals surface area contributed by atoms with Crippen LogP contribution in [0.15, 0.2) is 53.3 Å². The normalized spacial score (nSPS) is 12.0. The van der Waals surface area contributed by atoms with Gasteiger partial charge in [0.15, 0.2) is 5.82 Å². The molecule has 0 N–H and O–H groups in total. The van der Waals surface area contributed by atoms with Crippen molar-refractivity contribution >= 4 is 22.4 Å². The molecule has 2 heterocycles. The summed E-state index contributed by atoms with van der Waals surface area (Å²) in [6, 6.07) is 15.6. The van der Waals surface area contributed by atoms with Gasteiger partial charge >= 0.3 is 0 Å². The van der Waals surface area contributed by atoms with E-state index < -0.39 is 0 Å². The molecule has 0 aliphatic rings. The third-order valence-corrected chi connectivity index (χ3v) is 5.02. The first-order chi connectivity index (χ1) is 12.7. The number of rotatable bonds is 4. The summed E-state index contributed by atoms with van der Waals surface area (Å²) in [6.45, 7) is 4.54. The number of para-hydroxylation sites is 1. The van der Waals surface area contributed by atoms with Crippen molar-refractivity contribution in [2.75, 3.05) is 6.61 Å². The molecule has 26 heavy (non-hydrogen) atoms. The number of benzene rings is 2. The van der Waals surface area contributed by atoms with Crippen molar-refractivity contribution in [2.24, 2.45) is 0 Å². The lowest BCUT2D eigenvalue weighted by Gasteiger charge is -2.05. The van der Waals surface area contributed by atoms with Gasteiger partial charge in [-0.25, -0.2) is 4.40 Å². The topological polar surface area (TPSA) is 56.5 Å². The van der Waals surface area contributed by atoms with E-state index in [1.54, 1.807) is 4.40 Å². The van der Waals surface area contributed by atoms with Gasteiger partial charge < -0.3 is 4.74 Å². The molecule has 0 aliphatic carbocycles. The van der Waals surface area contributed by atoms with E-state index in [0.29, 0.717) is 21.9 Å². The van der Waals surface area contributed by atoms with Gasteiger partial charge in [-0.15, -0.1) is 10.2 Å². The number of nitrogens with zero attached hydrogens (tertiary/aromatic N) is 3. The summed E-state index contributed by atoms with van der Waals surface area (Å²) in [5.74, 6) is 1.33. The minimum Gasteiger partial charge on any atom is -0.493 e. The fourth-order valence-corrected chi connectivity index (χ4v) is 3.68. The van der Waals surface area contributed by atoms with Crippen LogP contribution in [0.3, 0.4) is 0 Å². The van der Waals surface area contributed by atoms with E-state index in [4.69, 9.17) is 4.74 Å². The van der Waals surface area contributed by atoms with Crippen LogP contribution in [0.2, 0.25) is 0 Å². The van der Waals surface area contributed by atoms with Crippen LogP contribution in [0.25, 0.3) is 22.4 Å². The number of ether oxygens (including phenoxy) is 1. The highest BCUT2D eigenvalue weighted by Crippen LogP contribution is 2.20. The molecule has 0 bridgehead atoms. The second kappa shape index (κ2) is 6.72. The Labute approximate surface area is 154 Å². The molecule has 0 unspecified atom stereocenters. The Balaban J connectivity index is 1.88. The summed E-state index contributed by atoms with van der Waals surface area (Å²) in [5.41, 5.74) is 2.79. The lowest BCUT2D eigenvalue weighted by molar-refractivity contribution is 0.339. The minimum absolute atomic E-state index is 0.114. The summed E-state index contributed by atoms with van der Waals surface area (Å²) in [4.78, 5) is 13.5. The molecule has 0 fully saturated rings. The van der Waals surface area contributed by atoms with E-state index in [1.165, 1.54) is 11.3 Å². The monoisotopic (exact) mass is 363 g/mol. The van der Waals surface area contributed by atoms with Crippen molar-refractivity contribution in [3.8, 4) is 17.1 Å². The minimum atomic E-state index is -0.114. The molecule has 4 aromatic rings. The lowest BCUT2D eigenvalue weighted by atomic mass is 10.1. The van der Waals surface area contributed by atoms with Gasteiger partial charge in [0.2, 0.25) is 4.96 Å². The van der Waals surface area contributed by atoms with Crippen LogP contribution in [0, 0.1) is 6.92 Å². The van der Waals surface area contributed by atoms with Crippen LogP contribution in [0.1, 0.15) is 18.1 Å². The van der Waals surface area contributed by atoms with Crippen LogP contribution in [0.4, 0.5) is 0 Å². The summed E-state index contributed by atoms with van der Waals surface area (Å²) in [6.07, 6.45) is 1.85. The number of aryl methyl sites for hydroxylation is 1. The van der Waals surface area contributed by atoms with Crippen LogP contribution in [0.5, 0.6) is 5.75 Å². The van der Waals surface area contributed by atoms with Gasteiger partial charge in [-0.3, -0.25) is 4.79 Å². The number of hydrogen-bond acceptors (Lipinski definition) is 5. The summed E-state index contributed by atoms with van der Waals surface area (Å²) >= 11 is 1.33. The SMILES string of the molecule is CCOc1ccccc1C=c1sc2nnc(-c3ccc(C)cc3)n2c1=O. The molecule has 0 saturated carbocycles. The molecule has 0 spiro atoms. The predicted octanol–water partition coefficient (Wildman–Crippen LogP) is 3.07. The second-order valence-electron chi connectivity index (χ2n) is 5.89. The van der Waals surface area contributed by atoms with Gasteiger partial charge in [-0.1, -0.05) is 59.4 Å². The van der Waals surface area contributed by atoms with E-state index in [0.717, 1.165) is 22.4 Å². The number of hydrogen-bond donors (Lipinski definition) is 0. The fourth-order valence-electron chi connectivity index (χ4n) is 2.78. The van der Waals surface area contributed by atoms with Crippen molar-refractivity contribution in [2.45, 2.75) is 13.8 Å². The third kappa shape index (κ3) is 2.88. The van der Waals surface area contributed by atoms with Gasteiger partial charge in [0.1, 0.15) is 5.75 Å². The molecular formula is C20H17N3O2S. The average molecular weight is 363 g/mol. The largest absolute Gasteiger partial charge is 0.493 e. The lowest BCUT2D eigenvalue weighted by Crippen LogP contribution is -2.23. The predicted molar refractivity (Wildman–Crippen MR) is 104 cm³/mol. The highest BCUT2D eigenvalue weighted by atomic mass is 32.1. The molecule has 2 aromatic carbocycles. The maximum absolute atomic E-state index is 12.9. The van der Waals surface area contributed by atoms with Crippen LogP contribution in [-0.4, -0.2) is 21.2 Å². The Bertz CT molecular complexity index is 1180. The van der Waals surface area contributed by atoms with Gasteiger partial charge in [0.25, 0.3) is 5.56 Å². The van der Waals surface area contributed by atoms with E-state index >= 15 is 0 Å². The zero-order chi connectivity index (χ0) is 18.1. The quantitative estimate of drug-likeness (QED) is 0.559. The standard InChI is InChI=1S/C20H17N3O2S/c1-3-25-16-7-5-4-6-15(16)12-17-19(24)23-18(21-22-20(23)26-17)14-10-8-13(2)9-11-14/h4-12H,3H2,1-2H3. The number of fused-ring (bicyclic) bond motifs is 1. The van der Waals surface area contributed by atoms with Crippen LogP contribution < -0.4 is 14.8 Å². The highest BCUT2D eigenvalue weighted by molar-refractivity contribution is 7.15. The van der Waals surface area contributed by atoms with Gasteiger partial charge in [0.05, 0.1) is 11.1 Å². The van der Waals surface area contributed by atoms with Crippen LogP contribution in [-0.2, 0) is 0 Å². The molecule has 0 radical (unpaired) electrons. The molecule has 4 rings (SSSR count). The Kier molecular flexibility index (Phi) is 4.26.